The second kappa shape index (κ2) is 9.90. The van der Waals surface area contributed by atoms with E-state index in [0.717, 1.165) is 6.07 Å². The standard InChI is InChI=1S/C22H24F3N3O4/c1-31-15-7-8-19(32-2)18(13-15)26-20(29)14-27-9-11-28(12-10-27)21(30)16-5-3-4-6-17(16)22(23,24)25/h3-8,13H,9-12,14H2,1-2H3,(H,26,29). The number of rotatable bonds is 6. The number of carbonyl (C=O) groups excluding carboxylic acids is 2. The third-order valence-corrected chi connectivity index (χ3v) is 5.17. The van der Waals surface area contributed by atoms with Crippen LogP contribution < -0.4 is 14.8 Å². The molecule has 0 spiro atoms. The summed E-state index contributed by atoms with van der Waals surface area (Å²) in [7, 11) is 3.01. The summed E-state index contributed by atoms with van der Waals surface area (Å²) in [6.07, 6.45) is -4.60. The molecular weight excluding hydrogens is 427 g/mol. The summed E-state index contributed by atoms with van der Waals surface area (Å²) < 4.78 is 50.1. The van der Waals surface area contributed by atoms with Crippen molar-refractivity contribution in [3.8, 4) is 11.5 Å². The smallest absolute Gasteiger partial charge is 0.417 e. The maximum absolute atomic E-state index is 13.2. The maximum atomic E-state index is 13.2. The molecule has 1 N–H and O–H groups in total. The first-order valence-electron chi connectivity index (χ1n) is 9.92. The van der Waals surface area contributed by atoms with E-state index in [0.29, 0.717) is 30.3 Å². The summed E-state index contributed by atoms with van der Waals surface area (Å²) >= 11 is 0. The number of ether oxygens (including phenoxy) is 2. The van der Waals surface area contributed by atoms with Gasteiger partial charge in [0.25, 0.3) is 5.91 Å². The highest BCUT2D eigenvalue weighted by atomic mass is 19.4. The number of alkyl halides is 3. The van der Waals surface area contributed by atoms with Gasteiger partial charge in [-0.1, -0.05) is 12.1 Å². The second-order valence-electron chi connectivity index (χ2n) is 7.23. The lowest BCUT2D eigenvalue weighted by molar-refractivity contribution is -0.138. The van der Waals surface area contributed by atoms with Crippen molar-refractivity contribution in [2.45, 2.75) is 6.18 Å². The van der Waals surface area contributed by atoms with Crippen LogP contribution >= 0.6 is 0 Å². The predicted octanol–water partition coefficient (Wildman–Crippen LogP) is 3.12. The molecule has 2 amide bonds. The van der Waals surface area contributed by atoms with E-state index in [2.05, 4.69) is 5.32 Å². The molecule has 0 unspecified atom stereocenters. The Bertz CT molecular complexity index is 973. The van der Waals surface area contributed by atoms with Crippen LogP contribution in [0.1, 0.15) is 15.9 Å². The summed E-state index contributed by atoms with van der Waals surface area (Å²) in [6.45, 7) is 1.24. The van der Waals surface area contributed by atoms with Crippen molar-refractivity contribution in [2.24, 2.45) is 0 Å². The molecule has 1 aliphatic rings. The van der Waals surface area contributed by atoms with E-state index in [4.69, 9.17) is 9.47 Å². The van der Waals surface area contributed by atoms with E-state index >= 15 is 0 Å². The fourth-order valence-corrected chi connectivity index (χ4v) is 3.50. The molecule has 1 heterocycles. The average molecular weight is 451 g/mol. The van der Waals surface area contributed by atoms with Crippen molar-refractivity contribution in [2.75, 3.05) is 52.3 Å². The number of nitrogens with one attached hydrogen (secondary N) is 1. The number of hydrogen-bond acceptors (Lipinski definition) is 5. The molecule has 1 fully saturated rings. The first-order valence-corrected chi connectivity index (χ1v) is 9.92. The van der Waals surface area contributed by atoms with Crippen molar-refractivity contribution in [3.05, 3.63) is 53.6 Å². The Labute approximate surface area is 183 Å². The van der Waals surface area contributed by atoms with Crippen molar-refractivity contribution < 1.29 is 32.2 Å². The molecule has 0 saturated carbocycles. The lowest BCUT2D eigenvalue weighted by Gasteiger charge is -2.34. The molecule has 0 radical (unpaired) electrons. The summed E-state index contributed by atoms with van der Waals surface area (Å²) in [5.74, 6) is 0.104. The first kappa shape index (κ1) is 23.4. The summed E-state index contributed by atoms with van der Waals surface area (Å²) in [5.41, 5.74) is -0.843. The predicted molar refractivity (Wildman–Crippen MR) is 112 cm³/mol. The minimum absolute atomic E-state index is 0.0710. The van der Waals surface area contributed by atoms with Gasteiger partial charge in [0.2, 0.25) is 5.91 Å². The van der Waals surface area contributed by atoms with Crippen LogP contribution in [0.3, 0.4) is 0 Å². The Morgan fingerprint density at radius 1 is 1.00 bits per heavy atom. The molecule has 0 atom stereocenters. The minimum atomic E-state index is -4.60. The van der Waals surface area contributed by atoms with Crippen LogP contribution in [0.2, 0.25) is 0 Å². The van der Waals surface area contributed by atoms with Crippen molar-refractivity contribution >= 4 is 17.5 Å². The van der Waals surface area contributed by atoms with Crippen LogP contribution in [0, 0.1) is 0 Å². The minimum Gasteiger partial charge on any atom is -0.497 e. The molecule has 2 aromatic carbocycles. The number of anilines is 1. The van der Waals surface area contributed by atoms with Gasteiger partial charge >= 0.3 is 6.18 Å². The Kier molecular flexibility index (Phi) is 7.24. The quantitative estimate of drug-likeness (QED) is 0.731. The average Bonchev–Trinajstić information content (AvgIpc) is 2.78. The molecule has 0 aromatic heterocycles. The monoisotopic (exact) mass is 451 g/mol. The van der Waals surface area contributed by atoms with Crippen LogP contribution in [-0.2, 0) is 11.0 Å². The SMILES string of the molecule is COc1ccc(OC)c(NC(=O)CN2CCN(C(=O)c3ccccc3C(F)(F)F)CC2)c1. The number of benzene rings is 2. The van der Waals surface area contributed by atoms with Gasteiger partial charge in [0.1, 0.15) is 11.5 Å². The van der Waals surface area contributed by atoms with Gasteiger partial charge in [-0.2, -0.15) is 13.2 Å². The van der Waals surface area contributed by atoms with E-state index in [1.54, 1.807) is 18.2 Å². The van der Waals surface area contributed by atoms with Gasteiger partial charge in [-0.15, -0.1) is 0 Å². The van der Waals surface area contributed by atoms with Gasteiger partial charge in [0.05, 0.1) is 37.6 Å². The summed E-state index contributed by atoms with van der Waals surface area (Å²) in [6, 6.07) is 9.79. The molecular formula is C22H24F3N3O4. The molecule has 32 heavy (non-hydrogen) atoms. The van der Waals surface area contributed by atoms with Gasteiger partial charge < -0.3 is 19.7 Å². The molecule has 3 rings (SSSR count). The largest absolute Gasteiger partial charge is 0.497 e. The summed E-state index contributed by atoms with van der Waals surface area (Å²) in [5, 5.41) is 2.78. The third kappa shape index (κ3) is 5.50. The van der Waals surface area contributed by atoms with Gasteiger partial charge in [0, 0.05) is 32.2 Å². The number of halogens is 3. The summed E-state index contributed by atoms with van der Waals surface area (Å²) in [4.78, 5) is 28.4. The zero-order valence-electron chi connectivity index (χ0n) is 17.7. The van der Waals surface area contributed by atoms with Crippen molar-refractivity contribution in [3.63, 3.8) is 0 Å². The number of methoxy groups -OCH3 is 2. The van der Waals surface area contributed by atoms with E-state index in [1.807, 2.05) is 4.90 Å². The highest BCUT2D eigenvalue weighted by Gasteiger charge is 2.36. The van der Waals surface area contributed by atoms with Crippen molar-refractivity contribution in [1.82, 2.24) is 9.80 Å². The normalized spacial score (nSPS) is 14.7. The number of amides is 2. The first-order chi connectivity index (χ1) is 15.2. The third-order valence-electron chi connectivity index (χ3n) is 5.17. The second-order valence-corrected chi connectivity index (χ2v) is 7.23. The van der Waals surface area contributed by atoms with Gasteiger partial charge in [0.15, 0.2) is 0 Å². The molecule has 172 valence electrons. The molecule has 1 aliphatic heterocycles. The Balaban J connectivity index is 1.58. The molecule has 1 saturated heterocycles. The zero-order valence-corrected chi connectivity index (χ0v) is 17.7. The fourth-order valence-electron chi connectivity index (χ4n) is 3.50. The van der Waals surface area contributed by atoms with E-state index in [9.17, 15) is 22.8 Å². The molecule has 0 bridgehead atoms. The molecule has 2 aromatic rings. The lowest BCUT2D eigenvalue weighted by Crippen LogP contribution is -2.50. The highest BCUT2D eigenvalue weighted by Crippen LogP contribution is 2.32. The highest BCUT2D eigenvalue weighted by molar-refractivity contribution is 5.96. The van der Waals surface area contributed by atoms with E-state index in [-0.39, 0.29) is 31.1 Å². The fraction of sp³-hybridized carbons (Fsp3) is 0.364. The lowest BCUT2D eigenvalue weighted by atomic mass is 10.1. The Hall–Kier alpha value is -3.27. The number of nitrogens with zero attached hydrogens (tertiary/aromatic N) is 2. The van der Waals surface area contributed by atoms with E-state index < -0.39 is 17.6 Å². The van der Waals surface area contributed by atoms with Gasteiger partial charge in [-0.25, -0.2) is 0 Å². The molecule has 10 heteroatoms. The van der Waals surface area contributed by atoms with Crippen molar-refractivity contribution in [1.29, 1.82) is 0 Å². The number of piperazine rings is 1. The van der Waals surface area contributed by atoms with Crippen LogP contribution in [0.25, 0.3) is 0 Å². The van der Waals surface area contributed by atoms with Crippen LogP contribution in [-0.4, -0.2) is 68.6 Å². The Morgan fingerprint density at radius 2 is 1.69 bits per heavy atom. The van der Waals surface area contributed by atoms with Crippen LogP contribution in [0.4, 0.5) is 18.9 Å². The van der Waals surface area contributed by atoms with Gasteiger partial charge in [-0.3, -0.25) is 14.5 Å². The zero-order chi connectivity index (χ0) is 23.3. The van der Waals surface area contributed by atoms with Gasteiger partial charge in [-0.05, 0) is 24.3 Å². The van der Waals surface area contributed by atoms with Crippen LogP contribution in [0.15, 0.2) is 42.5 Å². The molecule has 0 aliphatic carbocycles. The topological polar surface area (TPSA) is 71.1 Å². The van der Waals surface area contributed by atoms with E-state index in [1.165, 1.54) is 37.3 Å². The number of carbonyl (C=O) groups is 2. The Morgan fingerprint density at radius 3 is 2.31 bits per heavy atom. The number of hydrogen-bond donors (Lipinski definition) is 1. The maximum Gasteiger partial charge on any atom is 0.417 e. The van der Waals surface area contributed by atoms with Crippen LogP contribution in [0.5, 0.6) is 11.5 Å². The molecule has 7 nitrogen and oxygen atoms in total.